The van der Waals surface area contributed by atoms with Gasteiger partial charge in [0, 0.05) is 11.1 Å². The third-order valence-corrected chi connectivity index (χ3v) is 2.86. The van der Waals surface area contributed by atoms with Crippen molar-refractivity contribution in [1.29, 1.82) is 0 Å². The lowest BCUT2D eigenvalue weighted by atomic mass is 10.0. The van der Waals surface area contributed by atoms with Crippen LogP contribution in [0, 0.1) is 6.92 Å². The lowest BCUT2D eigenvalue weighted by Crippen LogP contribution is -2.06. The molecular formula is C12H15Cl2N3. The molecule has 0 fully saturated rings. The molecular weight excluding hydrogens is 257 g/mol. The minimum Gasteiger partial charge on any atom is -0.323 e. The number of aromatic amines is 1. The van der Waals surface area contributed by atoms with Crippen molar-refractivity contribution < 1.29 is 0 Å². The van der Waals surface area contributed by atoms with Crippen LogP contribution in [0.5, 0.6) is 0 Å². The number of nitrogens with two attached hydrogens (primary N) is 1. The Bertz CT molecular complexity index is 489. The SMILES string of the molecule is Cc1c([C@@H](C)N)n[nH]c1-c1ccc(Cl)cc1.Cl. The van der Waals surface area contributed by atoms with E-state index in [1.165, 1.54) is 0 Å². The van der Waals surface area contributed by atoms with E-state index in [0.29, 0.717) is 0 Å². The second kappa shape index (κ2) is 5.54. The van der Waals surface area contributed by atoms with Gasteiger partial charge in [0.2, 0.25) is 0 Å². The molecule has 1 atom stereocenters. The molecule has 2 aromatic rings. The van der Waals surface area contributed by atoms with Crippen LogP contribution >= 0.6 is 24.0 Å². The molecule has 1 aromatic heterocycles. The highest BCUT2D eigenvalue weighted by Gasteiger charge is 2.13. The summed E-state index contributed by atoms with van der Waals surface area (Å²) in [6.45, 7) is 3.95. The molecule has 0 bridgehead atoms. The van der Waals surface area contributed by atoms with Gasteiger partial charge in [0.15, 0.2) is 0 Å². The Labute approximate surface area is 112 Å². The fraction of sp³-hybridized carbons (Fsp3) is 0.250. The predicted molar refractivity (Wildman–Crippen MR) is 73.6 cm³/mol. The van der Waals surface area contributed by atoms with Gasteiger partial charge in [-0.3, -0.25) is 5.10 Å². The molecule has 0 aliphatic heterocycles. The first-order valence-corrected chi connectivity index (χ1v) is 5.53. The van der Waals surface area contributed by atoms with E-state index in [2.05, 4.69) is 10.2 Å². The molecule has 0 amide bonds. The van der Waals surface area contributed by atoms with Gasteiger partial charge in [0.1, 0.15) is 0 Å². The molecule has 1 aromatic carbocycles. The van der Waals surface area contributed by atoms with Crippen LogP contribution in [0.4, 0.5) is 0 Å². The molecule has 0 radical (unpaired) electrons. The van der Waals surface area contributed by atoms with Crippen molar-refractivity contribution in [2.24, 2.45) is 5.73 Å². The number of hydrogen-bond donors (Lipinski definition) is 2. The first kappa shape index (κ1) is 14.0. The van der Waals surface area contributed by atoms with E-state index in [1.807, 2.05) is 38.1 Å². The molecule has 0 unspecified atom stereocenters. The van der Waals surface area contributed by atoms with E-state index in [4.69, 9.17) is 17.3 Å². The molecule has 2 rings (SSSR count). The zero-order chi connectivity index (χ0) is 11.7. The Balaban J connectivity index is 0.00000144. The monoisotopic (exact) mass is 271 g/mol. The van der Waals surface area contributed by atoms with E-state index in [9.17, 15) is 0 Å². The van der Waals surface area contributed by atoms with Gasteiger partial charge in [0.05, 0.1) is 11.4 Å². The Morgan fingerprint density at radius 1 is 1.29 bits per heavy atom. The van der Waals surface area contributed by atoms with Gasteiger partial charge in [-0.15, -0.1) is 12.4 Å². The third-order valence-electron chi connectivity index (χ3n) is 2.61. The number of nitrogens with one attached hydrogen (secondary N) is 1. The van der Waals surface area contributed by atoms with Crippen molar-refractivity contribution in [3.8, 4) is 11.3 Å². The molecule has 5 heteroatoms. The van der Waals surface area contributed by atoms with Gasteiger partial charge in [-0.05, 0) is 37.1 Å². The van der Waals surface area contributed by atoms with Crippen LogP contribution < -0.4 is 5.73 Å². The normalized spacial score (nSPS) is 12.0. The Kier molecular flexibility index (Phi) is 4.57. The van der Waals surface area contributed by atoms with Crippen LogP contribution in [-0.4, -0.2) is 10.2 Å². The van der Waals surface area contributed by atoms with Gasteiger partial charge in [-0.1, -0.05) is 23.7 Å². The summed E-state index contributed by atoms with van der Waals surface area (Å²) in [6.07, 6.45) is 0. The quantitative estimate of drug-likeness (QED) is 0.879. The maximum absolute atomic E-state index is 5.85. The molecule has 92 valence electrons. The van der Waals surface area contributed by atoms with Crippen LogP contribution in [0.15, 0.2) is 24.3 Å². The van der Waals surface area contributed by atoms with Gasteiger partial charge >= 0.3 is 0 Å². The number of rotatable bonds is 2. The summed E-state index contributed by atoms with van der Waals surface area (Å²) < 4.78 is 0. The maximum atomic E-state index is 5.85. The largest absolute Gasteiger partial charge is 0.323 e. The summed E-state index contributed by atoms with van der Waals surface area (Å²) in [6, 6.07) is 7.60. The fourth-order valence-electron chi connectivity index (χ4n) is 1.75. The van der Waals surface area contributed by atoms with Crippen molar-refractivity contribution in [2.75, 3.05) is 0 Å². The molecule has 0 aliphatic rings. The Hall–Kier alpha value is -1.03. The minimum absolute atomic E-state index is 0. The molecule has 3 nitrogen and oxygen atoms in total. The summed E-state index contributed by atoms with van der Waals surface area (Å²) >= 11 is 5.85. The van der Waals surface area contributed by atoms with Crippen molar-refractivity contribution >= 4 is 24.0 Å². The van der Waals surface area contributed by atoms with E-state index >= 15 is 0 Å². The zero-order valence-electron chi connectivity index (χ0n) is 9.70. The topological polar surface area (TPSA) is 54.7 Å². The summed E-state index contributed by atoms with van der Waals surface area (Å²) in [4.78, 5) is 0. The summed E-state index contributed by atoms with van der Waals surface area (Å²) in [5.74, 6) is 0. The van der Waals surface area contributed by atoms with E-state index in [0.717, 1.165) is 27.5 Å². The van der Waals surface area contributed by atoms with E-state index in [-0.39, 0.29) is 18.4 Å². The lowest BCUT2D eigenvalue weighted by molar-refractivity contribution is 0.766. The molecule has 0 saturated heterocycles. The molecule has 0 aliphatic carbocycles. The highest BCUT2D eigenvalue weighted by Crippen LogP contribution is 2.26. The number of aromatic nitrogens is 2. The second-order valence-electron chi connectivity index (χ2n) is 3.90. The van der Waals surface area contributed by atoms with Crippen LogP contribution in [0.1, 0.15) is 24.2 Å². The average Bonchev–Trinajstić information content (AvgIpc) is 2.61. The second-order valence-corrected chi connectivity index (χ2v) is 4.34. The van der Waals surface area contributed by atoms with Crippen LogP contribution in [-0.2, 0) is 0 Å². The molecule has 0 saturated carbocycles. The van der Waals surface area contributed by atoms with Crippen molar-refractivity contribution in [3.63, 3.8) is 0 Å². The van der Waals surface area contributed by atoms with Gasteiger partial charge < -0.3 is 5.73 Å². The number of halogens is 2. The molecule has 3 N–H and O–H groups in total. The smallest absolute Gasteiger partial charge is 0.0822 e. The minimum atomic E-state index is -0.0581. The van der Waals surface area contributed by atoms with Crippen molar-refractivity contribution in [2.45, 2.75) is 19.9 Å². The van der Waals surface area contributed by atoms with Crippen molar-refractivity contribution in [1.82, 2.24) is 10.2 Å². The average molecular weight is 272 g/mol. The van der Waals surface area contributed by atoms with Crippen LogP contribution in [0.3, 0.4) is 0 Å². The maximum Gasteiger partial charge on any atom is 0.0822 e. The highest BCUT2D eigenvalue weighted by molar-refractivity contribution is 6.30. The number of H-pyrrole nitrogens is 1. The van der Waals surface area contributed by atoms with Crippen molar-refractivity contribution in [3.05, 3.63) is 40.5 Å². The predicted octanol–water partition coefficient (Wildman–Crippen LogP) is 3.48. The Morgan fingerprint density at radius 2 is 1.88 bits per heavy atom. The molecule has 1 heterocycles. The summed E-state index contributed by atoms with van der Waals surface area (Å²) in [5.41, 5.74) is 9.90. The highest BCUT2D eigenvalue weighted by atomic mass is 35.5. The van der Waals surface area contributed by atoms with Crippen LogP contribution in [0.2, 0.25) is 5.02 Å². The third kappa shape index (κ3) is 2.80. The number of nitrogens with zero attached hydrogens (tertiary/aromatic N) is 1. The lowest BCUT2D eigenvalue weighted by Gasteiger charge is -2.03. The van der Waals surface area contributed by atoms with Gasteiger partial charge in [-0.25, -0.2) is 0 Å². The van der Waals surface area contributed by atoms with Gasteiger partial charge in [0.25, 0.3) is 0 Å². The summed E-state index contributed by atoms with van der Waals surface area (Å²) in [7, 11) is 0. The van der Waals surface area contributed by atoms with Gasteiger partial charge in [-0.2, -0.15) is 5.10 Å². The number of benzene rings is 1. The first-order chi connectivity index (χ1) is 7.59. The van der Waals surface area contributed by atoms with Crippen LogP contribution in [0.25, 0.3) is 11.3 Å². The fourth-order valence-corrected chi connectivity index (χ4v) is 1.88. The number of hydrogen-bond acceptors (Lipinski definition) is 2. The van der Waals surface area contributed by atoms with E-state index in [1.54, 1.807) is 0 Å². The molecule has 17 heavy (non-hydrogen) atoms. The zero-order valence-corrected chi connectivity index (χ0v) is 11.3. The molecule has 0 spiro atoms. The van der Waals surface area contributed by atoms with E-state index < -0.39 is 0 Å². The Morgan fingerprint density at radius 3 is 2.35 bits per heavy atom. The standard InChI is InChI=1S/C12H14ClN3.ClH/c1-7-11(8(2)14)15-16-12(7)9-3-5-10(13)6-4-9;/h3-6,8H,14H2,1-2H3,(H,15,16);1H/t8-;/m1./s1. The summed E-state index contributed by atoms with van der Waals surface area (Å²) in [5, 5.41) is 7.98. The first-order valence-electron chi connectivity index (χ1n) is 5.16.